The Balaban J connectivity index is 2.60. The van der Waals surface area contributed by atoms with Crippen LogP contribution >= 0.6 is 38.9 Å². The summed E-state index contributed by atoms with van der Waals surface area (Å²) in [6, 6.07) is 7.02. The number of nitrogens with zero attached hydrogens (tertiary/aromatic N) is 1. The summed E-state index contributed by atoms with van der Waals surface area (Å²) in [5.74, 6) is 0.204. The minimum Gasteiger partial charge on any atom is -0.507 e. The van der Waals surface area contributed by atoms with Gasteiger partial charge in [0.15, 0.2) is 4.47 Å². The zero-order chi connectivity index (χ0) is 10.1. The van der Waals surface area contributed by atoms with E-state index in [0.717, 1.165) is 3.79 Å². The van der Waals surface area contributed by atoms with Gasteiger partial charge in [0.2, 0.25) is 0 Å². The molecule has 0 amide bonds. The van der Waals surface area contributed by atoms with E-state index in [1.807, 2.05) is 6.07 Å². The van der Waals surface area contributed by atoms with Crippen molar-refractivity contribution in [1.29, 1.82) is 0 Å². The summed E-state index contributed by atoms with van der Waals surface area (Å²) in [5.41, 5.74) is 1.36. The standard InChI is InChI=1S/C9H5BrClNOS/c10-8-7(12-9(11)14-8)5-3-1-2-4-6(5)13/h1-4,13H. The molecule has 2 nitrogen and oxygen atoms in total. The van der Waals surface area contributed by atoms with E-state index in [0.29, 0.717) is 15.7 Å². The van der Waals surface area contributed by atoms with Crippen LogP contribution in [0.25, 0.3) is 11.3 Å². The number of halogens is 2. The number of hydrogen-bond donors (Lipinski definition) is 1. The lowest BCUT2D eigenvalue weighted by molar-refractivity contribution is 0.477. The highest BCUT2D eigenvalue weighted by Gasteiger charge is 2.12. The van der Waals surface area contributed by atoms with Gasteiger partial charge < -0.3 is 5.11 Å². The van der Waals surface area contributed by atoms with Gasteiger partial charge in [0.25, 0.3) is 0 Å². The molecule has 0 aliphatic rings. The van der Waals surface area contributed by atoms with E-state index in [4.69, 9.17) is 11.6 Å². The fraction of sp³-hybridized carbons (Fsp3) is 0. The summed E-state index contributed by atoms with van der Waals surface area (Å²) in [6.45, 7) is 0. The van der Waals surface area contributed by atoms with Crippen molar-refractivity contribution >= 4 is 38.9 Å². The number of aromatic nitrogens is 1. The molecule has 0 fully saturated rings. The van der Waals surface area contributed by atoms with Crippen LogP contribution in [0.15, 0.2) is 28.1 Å². The highest BCUT2D eigenvalue weighted by atomic mass is 79.9. The molecule has 0 aliphatic heterocycles. The van der Waals surface area contributed by atoms with E-state index >= 15 is 0 Å². The first-order chi connectivity index (χ1) is 6.68. The maximum Gasteiger partial charge on any atom is 0.185 e. The zero-order valence-corrected chi connectivity index (χ0v) is 10.0. The van der Waals surface area contributed by atoms with Crippen molar-refractivity contribution in [3.63, 3.8) is 0 Å². The van der Waals surface area contributed by atoms with Gasteiger partial charge in [-0.3, -0.25) is 0 Å². The molecule has 14 heavy (non-hydrogen) atoms. The van der Waals surface area contributed by atoms with Gasteiger partial charge in [0.05, 0.1) is 3.79 Å². The first kappa shape index (κ1) is 9.96. The highest BCUT2D eigenvalue weighted by Crippen LogP contribution is 2.38. The van der Waals surface area contributed by atoms with E-state index in [2.05, 4.69) is 20.9 Å². The first-order valence-electron chi connectivity index (χ1n) is 3.78. The minimum absolute atomic E-state index is 0.204. The molecule has 0 radical (unpaired) electrons. The van der Waals surface area contributed by atoms with E-state index in [9.17, 15) is 5.11 Å². The van der Waals surface area contributed by atoms with Crippen LogP contribution in [0.5, 0.6) is 5.75 Å². The van der Waals surface area contributed by atoms with Crippen LogP contribution in [0, 0.1) is 0 Å². The van der Waals surface area contributed by atoms with E-state index < -0.39 is 0 Å². The van der Waals surface area contributed by atoms with Crippen molar-refractivity contribution < 1.29 is 5.11 Å². The minimum atomic E-state index is 0.204. The molecule has 1 aromatic heterocycles. The van der Waals surface area contributed by atoms with Gasteiger partial charge in [-0.2, -0.15) is 0 Å². The Kier molecular flexibility index (Phi) is 2.76. The lowest BCUT2D eigenvalue weighted by atomic mass is 10.1. The summed E-state index contributed by atoms with van der Waals surface area (Å²) in [4.78, 5) is 4.12. The number of hydrogen-bond acceptors (Lipinski definition) is 3. The van der Waals surface area contributed by atoms with Crippen molar-refractivity contribution in [2.45, 2.75) is 0 Å². The normalized spacial score (nSPS) is 10.4. The van der Waals surface area contributed by atoms with Crippen molar-refractivity contribution in [2.75, 3.05) is 0 Å². The predicted molar refractivity (Wildman–Crippen MR) is 61.9 cm³/mol. The lowest BCUT2D eigenvalue weighted by Crippen LogP contribution is -1.78. The Labute approximate surface area is 98.3 Å². The molecule has 0 unspecified atom stereocenters. The Bertz CT molecular complexity index is 472. The predicted octanol–water partition coefficient (Wildman–Crippen LogP) is 3.93. The Hall–Kier alpha value is -0.580. The molecule has 5 heteroatoms. The van der Waals surface area contributed by atoms with Crippen molar-refractivity contribution in [3.05, 3.63) is 32.5 Å². The number of rotatable bonds is 1. The Morgan fingerprint density at radius 2 is 2.07 bits per heavy atom. The van der Waals surface area contributed by atoms with Crippen LogP contribution in [-0.2, 0) is 0 Å². The zero-order valence-electron chi connectivity index (χ0n) is 6.87. The summed E-state index contributed by atoms with van der Waals surface area (Å²) in [6.07, 6.45) is 0. The number of benzene rings is 1. The third-order valence-corrected chi connectivity index (χ3v) is 3.53. The van der Waals surface area contributed by atoms with E-state index in [1.54, 1.807) is 18.2 Å². The average molecular weight is 291 g/mol. The molecule has 1 heterocycles. The molecule has 1 aromatic carbocycles. The van der Waals surface area contributed by atoms with E-state index in [1.165, 1.54) is 11.3 Å². The van der Waals surface area contributed by atoms with Crippen LogP contribution < -0.4 is 0 Å². The number of phenols is 1. The topological polar surface area (TPSA) is 33.1 Å². The van der Waals surface area contributed by atoms with Crippen molar-refractivity contribution in [2.24, 2.45) is 0 Å². The molecule has 2 rings (SSSR count). The van der Waals surface area contributed by atoms with E-state index in [-0.39, 0.29) is 5.75 Å². The first-order valence-corrected chi connectivity index (χ1v) is 5.77. The Morgan fingerprint density at radius 1 is 1.36 bits per heavy atom. The Morgan fingerprint density at radius 3 is 2.64 bits per heavy atom. The molecule has 0 saturated heterocycles. The second-order valence-corrected chi connectivity index (χ2v) is 5.51. The molecule has 0 aliphatic carbocycles. The van der Waals surface area contributed by atoms with Crippen LogP contribution in [0.3, 0.4) is 0 Å². The number of para-hydroxylation sites is 1. The summed E-state index contributed by atoms with van der Waals surface area (Å²) in [5, 5.41) is 9.60. The quantitative estimate of drug-likeness (QED) is 0.863. The summed E-state index contributed by atoms with van der Waals surface area (Å²) in [7, 11) is 0. The average Bonchev–Trinajstić information content (AvgIpc) is 2.46. The van der Waals surface area contributed by atoms with Gasteiger partial charge in [0, 0.05) is 5.56 Å². The molecule has 0 saturated carbocycles. The molecule has 1 N–H and O–H groups in total. The lowest BCUT2D eigenvalue weighted by Gasteiger charge is -2.00. The van der Waals surface area contributed by atoms with Gasteiger partial charge >= 0.3 is 0 Å². The second-order valence-electron chi connectivity index (χ2n) is 2.61. The van der Waals surface area contributed by atoms with Crippen LogP contribution in [0.1, 0.15) is 0 Å². The molecular weight excluding hydrogens is 286 g/mol. The largest absolute Gasteiger partial charge is 0.507 e. The number of aromatic hydroxyl groups is 1. The third-order valence-electron chi connectivity index (χ3n) is 1.72. The van der Waals surface area contributed by atoms with Gasteiger partial charge in [-0.1, -0.05) is 35.1 Å². The van der Waals surface area contributed by atoms with Crippen LogP contribution in [0.2, 0.25) is 4.47 Å². The fourth-order valence-corrected chi connectivity index (χ4v) is 3.01. The summed E-state index contributed by atoms with van der Waals surface area (Å²) >= 11 is 10.4. The molecule has 72 valence electrons. The SMILES string of the molecule is Oc1ccccc1-c1nc(Cl)sc1Br. The number of thiazole rings is 1. The van der Waals surface area contributed by atoms with Gasteiger partial charge in [-0.05, 0) is 28.1 Å². The van der Waals surface area contributed by atoms with Gasteiger partial charge in [0.1, 0.15) is 11.4 Å². The van der Waals surface area contributed by atoms with Gasteiger partial charge in [-0.25, -0.2) is 4.98 Å². The molecule has 2 aromatic rings. The fourth-order valence-electron chi connectivity index (χ4n) is 1.12. The number of phenolic OH excluding ortho intramolecular Hbond substituents is 1. The third kappa shape index (κ3) is 1.78. The molecule has 0 spiro atoms. The molecular formula is C9H5BrClNOS. The second kappa shape index (κ2) is 3.88. The van der Waals surface area contributed by atoms with Gasteiger partial charge in [-0.15, -0.1) is 0 Å². The monoisotopic (exact) mass is 289 g/mol. The smallest absolute Gasteiger partial charge is 0.185 e. The maximum absolute atomic E-state index is 9.60. The summed E-state index contributed by atoms with van der Waals surface area (Å²) < 4.78 is 1.28. The molecule has 0 atom stereocenters. The highest BCUT2D eigenvalue weighted by molar-refractivity contribution is 9.11. The van der Waals surface area contributed by atoms with Crippen molar-refractivity contribution in [1.82, 2.24) is 4.98 Å². The van der Waals surface area contributed by atoms with Crippen LogP contribution in [0.4, 0.5) is 0 Å². The maximum atomic E-state index is 9.60. The van der Waals surface area contributed by atoms with Crippen LogP contribution in [-0.4, -0.2) is 10.1 Å². The van der Waals surface area contributed by atoms with Crippen molar-refractivity contribution in [3.8, 4) is 17.0 Å². The molecule has 0 bridgehead atoms.